The van der Waals surface area contributed by atoms with E-state index in [2.05, 4.69) is 4.89 Å². The van der Waals surface area contributed by atoms with Gasteiger partial charge in [-0.25, -0.2) is 5.26 Å². The average Bonchev–Trinajstić information content (AvgIpc) is 2.87. The first kappa shape index (κ1) is 22.4. The van der Waals surface area contributed by atoms with Gasteiger partial charge < -0.3 is 34.0 Å². The summed E-state index contributed by atoms with van der Waals surface area (Å²) in [4.78, 5) is 17.5. The van der Waals surface area contributed by atoms with Gasteiger partial charge in [0.05, 0.1) is 25.7 Å². The minimum Gasteiger partial charge on any atom is -0.508 e. The SMILES string of the molecule is COc1c(O)ccc(C2Cc3c(O)cc(-c4cc(OO)c5c(c4)OCC=C5)cc3OC2=O)c1OC. The number of esters is 1. The first-order valence-electron chi connectivity index (χ1n) is 10.8. The molecule has 2 aliphatic rings. The number of carbonyl (C=O) groups is 1. The van der Waals surface area contributed by atoms with Gasteiger partial charge in [-0.15, -0.1) is 0 Å². The van der Waals surface area contributed by atoms with E-state index in [-0.39, 0.29) is 40.9 Å². The minimum atomic E-state index is -0.790. The number of carbonyl (C=O) groups excluding carboxylic acids is 1. The van der Waals surface area contributed by atoms with Crippen molar-refractivity contribution in [1.29, 1.82) is 0 Å². The number of hydrogen-bond acceptors (Lipinski definition) is 9. The predicted octanol–water partition coefficient (Wildman–Crippen LogP) is 4.28. The van der Waals surface area contributed by atoms with E-state index in [1.54, 1.807) is 42.5 Å². The zero-order valence-electron chi connectivity index (χ0n) is 18.9. The van der Waals surface area contributed by atoms with Crippen molar-refractivity contribution < 1.29 is 44.1 Å². The number of aromatic hydroxyl groups is 2. The fourth-order valence-electron chi connectivity index (χ4n) is 4.48. The van der Waals surface area contributed by atoms with Gasteiger partial charge in [-0.2, -0.15) is 0 Å². The Morgan fingerprint density at radius 2 is 1.69 bits per heavy atom. The number of methoxy groups -OCH3 is 2. The van der Waals surface area contributed by atoms with Crippen molar-refractivity contribution in [1.82, 2.24) is 0 Å². The highest BCUT2D eigenvalue weighted by molar-refractivity contribution is 5.86. The first-order chi connectivity index (χ1) is 16.9. The topological polar surface area (TPSA) is 124 Å². The molecule has 2 aliphatic heterocycles. The smallest absolute Gasteiger partial charge is 0.319 e. The molecule has 0 saturated carbocycles. The molecule has 0 spiro atoms. The number of rotatable bonds is 5. The number of ether oxygens (including phenoxy) is 4. The quantitative estimate of drug-likeness (QED) is 0.213. The Morgan fingerprint density at radius 3 is 2.43 bits per heavy atom. The molecule has 0 aromatic heterocycles. The van der Waals surface area contributed by atoms with Crippen LogP contribution in [-0.4, -0.2) is 42.3 Å². The second kappa shape index (κ2) is 8.77. The largest absolute Gasteiger partial charge is 0.508 e. The normalized spacial score (nSPS) is 16.0. The van der Waals surface area contributed by atoms with Crippen LogP contribution in [-0.2, 0) is 11.2 Å². The van der Waals surface area contributed by atoms with Gasteiger partial charge in [0.1, 0.15) is 23.9 Å². The van der Waals surface area contributed by atoms with Crippen LogP contribution < -0.4 is 23.8 Å². The lowest BCUT2D eigenvalue weighted by Gasteiger charge is -2.26. The van der Waals surface area contributed by atoms with Crippen molar-refractivity contribution in [3.05, 3.63) is 59.2 Å². The van der Waals surface area contributed by atoms with E-state index in [1.165, 1.54) is 20.3 Å². The molecule has 35 heavy (non-hydrogen) atoms. The molecule has 3 aromatic rings. The highest BCUT2D eigenvalue weighted by Gasteiger charge is 2.35. The van der Waals surface area contributed by atoms with Gasteiger partial charge in [0, 0.05) is 11.1 Å². The van der Waals surface area contributed by atoms with E-state index in [0.29, 0.717) is 40.2 Å². The van der Waals surface area contributed by atoms with Crippen LogP contribution in [0.1, 0.15) is 22.6 Å². The van der Waals surface area contributed by atoms with Gasteiger partial charge in [-0.1, -0.05) is 6.07 Å². The van der Waals surface area contributed by atoms with Crippen LogP contribution >= 0.6 is 0 Å². The molecule has 180 valence electrons. The average molecular weight is 478 g/mol. The van der Waals surface area contributed by atoms with E-state index in [9.17, 15) is 20.3 Å². The van der Waals surface area contributed by atoms with E-state index < -0.39 is 11.9 Å². The highest BCUT2D eigenvalue weighted by atomic mass is 17.1. The fraction of sp³-hybridized carbons (Fsp3) is 0.192. The Balaban J connectivity index is 1.55. The standard InChI is InChI=1S/C26H22O9/c1-31-24-15(5-6-19(27)25(24)32-2)17-12-18-20(28)8-13(10-22(18)34-26(17)29)14-9-21-16(4-3-7-33-21)23(11-14)35-30/h3-6,8-11,17,27-28,30H,7,12H2,1-2H3. The zero-order chi connectivity index (χ0) is 24.7. The Hall–Kier alpha value is -4.37. The van der Waals surface area contributed by atoms with Crippen molar-refractivity contribution in [2.24, 2.45) is 0 Å². The van der Waals surface area contributed by atoms with Crippen LogP contribution in [0.5, 0.6) is 40.2 Å². The summed E-state index contributed by atoms with van der Waals surface area (Å²) >= 11 is 0. The molecule has 0 amide bonds. The molecule has 9 heteroatoms. The van der Waals surface area contributed by atoms with Crippen LogP contribution in [0.2, 0.25) is 0 Å². The van der Waals surface area contributed by atoms with E-state index >= 15 is 0 Å². The van der Waals surface area contributed by atoms with Gasteiger partial charge in [0.15, 0.2) is 17.2 Å². The van der Waals surface area contributed by atoms with Crippen molar-refractivity contribution in [2.75, 3.05) is 20.8 Å². The molecule has 2 heterocycles. The molecule has 9 nitrogen and oxygen atoms in total. The number of benzene rings is 3. The van der Waals surface area contributed by atoms with Crippen LogP contribution in [0.4, 0.5) is 0 Å². The molecule has 1 atom stereocenters. The van der Waals surface area contributed by atoms with Crippen LogP contribution in [0.3, 0.4) is 0 Å². The van der Waals surface area contributed by atoms with Crippen molar-refractivity contribution in [3.8, 4) is 51.4 Å². The van der Waals surface area contributed by atoms with Crippen molar-refractivity contribution in [2.45, 2.75) is 12.3 Å². The Kier molecular flexibility index (Phi) is 5.62. The second-order valence-corrected chi connectivity index (χ2v) is 8.08. The Bertz CT molecular complexity index is 1360. The second-order valence-electron chi connectivity index (χ2n) is 8.08. The number of phenols is 2. The summed E-state index contributed by atoms with van der Waals surface area (Å²) in [5.74, 6) is -0.280. The zero-order valence-corrected chi connectivity index (χ0v) is 18.9. The van der Waals surface area contributed by atoms with Crippen LogP contribution in [0, 0.1) is 0 Å². The Morgan fingerprint density at radius 1 is 0.943 bits per heavy atom. The molecule has 0 aliphatic carbocycles. The van der Waals surface area contributed by atoms with Gasteiger partial charge in [0.25, 0.3) is 0 Å². The summed E-state index contributed by atoms with van der Waals surface area (Å²) in [6.45, 7) is 0.376. The summed E-state index contributed by atoms with van der Waals surface area (Å²) in [6.07, 6.45) is 3.73. The highest BCUT2D eigenvalue weighted by Crippen LogP contribution is 2.48. The van der Waals surface area contributed by atoms with Gasteiger partial charge in [-0.3, -0.25) is 4.79 Å². The lowest BCUT2D eigenvalue weighted by Crippen LogP contribution is -2.26. The predicted molar refractivity (Wildman–Crippen MR) is 125 cm³/mol. The third kappa shape index (κ3) is 3.75. The third-order valence-electron chi connectivity index (χ3n) is 6.15. The molecular formula is C26H22O9. The van der Waals surface area contributed by atoms with Gasteiger partial charge in [0.2, 0.25) is 5.75 Å². The summed E-state index contributed by atoms with van der Waals surface area (Å²) in [7, 11) is 2.80. The number of hydrogen-bond donors (Lipinski definition) is 3. The molecular weight excluding hydrogens is 456 g/mol. The molecule has 3 aromatic carbocycles. The molecule has 1 unspecified atom stereocenters. The molecule has 5 rings (SSSR count). The molecule has 0 saturated heterocycles. The van der Waals surface area contributed by atoms with Gasteiger partial charge >= 0.3 is 5.97 Å². The number of phenolic OH excluding ortho intramolecular Hbond substituents is 2. The molecule has 0 bridgehead atoms. The summed E-state index contributed by atoms with van der Waals surface area (Å²) < 4.78 is 21.9. The first-order valence-corrected chi connectivity index (χ1v) is 10.8. The summed E-state index contributed by atoms with van der Waals surface area (Å²) in [5.41, 5.74) is 2.63. The summed E-state index contributed by atoms with van der Waals surface area (Å²) in [5, 5.41) is 30.3. The fourth-order valence-corrected chi connectivity index (χ4v) is 4.48. The van der Waals surface area contributed by atoms with Crippen LogP contribution in [0.25, 0.3) is 17.2 Å². The maximum absolute atomic E-state index is 13.0. The maximum atomic E-state index is 13.0. The van der Waals surface area contributed by atoms with Crippen LogP contribution in [0.15, 0.2) is 42.5 Å². The maximum Gasteiger partial charge on any atom is 0.319 e. The van der Waals surface area contributed by atoms with Gasteiger partial charge in [-0.05, 0) is 60.0 Å². The molecule has 3 N–H and O–H groups in total. The van der Waals surface area contributed by atoms with E-state index in [1.807, 2.05) is 0 Å². The lowest BCUT2D eigenvalue weighted by atomic mass is 9.87. The van der Waals surface area contributed by atoms with E-state index in [0.717, 1.165) is 0 Å². The number of fused-ring (bicyclic) bond motifs is 2. The van der Waals surface area contributed by atoms with Crippen molar-refractivity contribution in [3.63, 3.8) is 0 Å². The molecule has 0 fully saturated rings. The van der Waals surface area contributed by atoms with Crippen molar-refractivity contribution >= 4 is 12.0 Å². The monoisotopic (exact) mass is 478 g/mol. The Labute approximate surface area is 200 Å². The van der Waals surface area contributed by atoms with E-state index in [4.69, 9.17) is 18.9 Å². The minimum absolute atomic E-state index is 0.0651. The molecule has 0 radical (unpaired) electrons. The third-order valence-corrected chi connectivity index (χ3v) is 6.15. The summed E-state index contributed by atoms with van der Waals surface area (Å²) in [6, 6.07) is 9.52. The lowest BCUT2D eigenvalue weighted by molar-refractivity contribution is -0.137.